The van der Waals surface area contributed by atoms with E-state index < -0.39 is 6.04 Å². The topological polar surface area (TPSA) is 78.3 Å². The van der Waals surface area contributed by atoms with E-state index in [1.165, 1.54) is 0 Å². The fourth-order valence-corrected chi connectivity index (χ4v) is 4.21. The maximum atomic E-state index is 13.1. The molecule has 0 saturated heterocycles. The molecule has 1 aliphatic heterocycles. The van der Waals surface area contributed by atoms with Crippen LogP contribution < -0.4 is 10.1 Å². The predicted octanol–water partition coefficient (Wildman–Crippen LogP) is 5.21. The molecule has 0 bridgehead atoms. The first kappa shape index (κ1) is 22.9. The molecule has 0 amide bonds. The van der Waals surface area contributed by atoms with Crippen LogP contribution in [0.5, 0.6) is 5.75 Å². The van der Waals surface area contributed by atoms with Crippen LogP contribution in [-0.4, -0.2) is 32.6 Å². The fourth-order valence-electron chi connectivity index (χ4n) is 3.66. The zero-order valence-corrected chi connectivity index (χ0v) is 20.1. The molecule has 0 fully saturated rings. The van der Waals surface area contributed by atoms with E-state index in [0.29, 0.717) is 29.0 Å². The third-order valence-electron chi connectivity index (χ3n) is 5.11. The van der Waals surface area contributed by atoms with Crippen LogP contribution in [0.15, 0.2) is 71.0 Å². The monoisotopic (exact) mass is 464 g/mol. The van der Waals surface area contributed by atoms with Crippen molar-refractivity contribution >= 4 is 23.7 Å². The molecule has 2 heterocycles. The van der Waals surface area contributed by atoms with Gasteiger partial charge in [0.15, 0.2) is 0 Å². The van der Waals surface area contributed by atoms with Gasteiger partial charge in [0.05, 0.1) is 11.7 Å². The molecular weight excluding hydrogens is 436 g/mol. The lowest BCUT2D eigenvalue weighted by molar-refractivity contribution is -0.143. The maximum Gasteiger partial charge on any atom is 0.338 e. The second-order valence-electron chi connectivity index (χ2n) is 7.96. The summed E-state index contributed by atoms with van der Waals surface area (Å²) in [4.78, 5) is 17.7. The highest BCUT2D eigenvalue weighted by molar-refractivity contribution is 7.99. The van der Waals surface area contributed by atoms with Crippen molar-refractivity contribution < 1.29 is 14.3 Å². The first-order valence-corrected chi connectivity index (χ1v) is 12.0. The van der Waals surface area contributed by atoms with Crippen molar-refractivity contribution in [3.63, 3.8) is 0 Å². The number of rotatable bonds is 8. The maximum absolute atomic E-state index is 13.1. The zero-order valence-electron chi connectivity index (χ0n) is 19.2. The molecule has 0 saturated carbocycles. The van der Waals surface area contributed by atoms with Gasteiger partial charge in [-0.3, -0.25) is 0 Å². The number of allylic oxidation sites excluding steroid dienone is 1. The van der Waals surface area contributed by atoms with Crippen LogP contribution >= 0.6 is 11.8 Å². The highest BCUT2D eigenvalue weighted by Gasteiger charge is 2.35. The molecule has 1 N–H and O–H groups in total. The quantitative estimate of drug-likeness (QED) is 0.362. The number of nitrogens with zero attached hydrogens (tertiary/aromatic N) is 3. The van der Waals surface area contributed by atoms with Crippen molar-refractivity contribution in [2.75, 3.05) is 11.1 Å². The summed E-state index contributed by atoms with van der Waals surface area (Å²) in [5, 5.41) is 8.56. The van der Waals surface area contributed by atoms with Crippen molar-refractivity contribution in [3.8, 4) is 5.75 Å². The molecule has 8 heteroatoms. The Morgan fingerprint density at radius 2 is 1.88 bits per heavy atom. The highest BCUT2D eigenvalue weighted by atomic mass is 32.2. The Kier molecular flexibility index (Phi) is 7.03. The standard InChI is InChI=1S/C25H28N4O3S/c1-5-33-25-27-24-26-17(4)21(23(30)32-16(2)3)22(29(24)28-25)19-11-13-20(14-12-19)31-15-18-9-7-6-8-10-18/h6-14,16,22H,5,15H2,1-4H3,(H,26,27,28). The Morgan fingerprint density at radius 1 is 1.15 bits per heavy atom. The molecule has 0 aliphatic carbocycles. The number of anilines is 1. The molecule has 1 unspecified atom stereocenters. The largest absolute Gasteiger partial charge is 0.489 e. The van der Waals surface area contributed by atoms with Gasteiger partial charge in [0, 0.05) is 5.70 Å². The third kappa shape index (κ3) is 5.22. The average Bonchev–Trinajstić information content (AvgIpc) is 3.19. The molecule has 0 radical (unpaired) electrons. The Labute approximate surface area is 198 Å². The Morgan fingerprint density at radius 3 is 2.55 bits per heavy atom. The first-order chi connectivity index (χ1) is 16.0. The number of hydrogen-bond acceptors (Lipinski definition) is 7. The minimum atomic E-state index is -0.450. The van der Waals surface area contributed by atoms with Crippen molar-refractivity contribution in [3.05, 3.63) is 77.0 Å². The lowest BCUT2D eigenvalue weighted by atomic mass is 9.95. The minimum absolute atomic E-state index is 0.226. The van der Waals surface area contributed by atoms with Gasteiger partial charge in [-0.05, 0) is 49.8 Å². The van der Waals surface area contributed by atoms with Crippen LogP contribution in [0.1, 0.15) is 44.9 Å². The van der Waals surface area contributed by atoms with Gasteiger partial charge in [0.25, 0.3) is 0 Å². The van der Waals surface area contributed by atoms with Crippen molar-refractivity contribution in [1.82, 2.24) is 14.8 Å². The average molecular weight is 465 g/mol. The zero-order chi connectivity index (χ0) is 23.4. The number of esters is 1. The summed E-state index contributed by atoms with van der Waals surface area (Å²) in [7, 11) is 0. The molecule has 4 rings (SSSR count). The van der Waals surface area contributed by atoms with E-state index in [1.54, 1.807) is 16.4 Å². The van der Waals surface area contributed by atoms with E-state index in [9.17, 15) is 4.79 Å². The van der Waals surface area contributed by atoms with E-state index >= 15 is 0 Å². The molecule has 1 aromatic heterocycles. The predicted molar refractivity (Wildman–Crippen MR) is 129 cm³/mol. The number of aromatic nitrogens is 3. The van der Waals surface area contributed by atoms with Gasteiger partial charge in [-0.25, -0.2) is 9.48 Å². The molecule has 2 aromatic carbocycles. The third-order valence-corrected chi connectivity index (χ3v) is 5.83. The summed E-state index contributed by atoms with van der Waals surface area (Å²) in [6, 6.07) is 17.3. The van der Waals surface area contributed by atoms with Crippen molar-refractivity contribution in [2.24, 2.45) is 0 Å². The summed E-state index contributed by atoms with van der Waals surface area (Å²) < 4.78 is 13.3. The summed E-state index contributed by atoms with van der Waals surface area (Å²) in [5.74, 6) is 1.86. The number of carbonyl (C=O) groups excluding carboxylic acids is 1. The van der Waals surface area contributed by atoms with Gasteiger partial charge in [-0.15, -0.1) is 5.10 Å². The smallest absolute Gasteiger partial charge is 0.338 e. The number of carbonyl (C=O) groups is 1. The van der Waals surface area contributed by atoms with E-state index in [1.807, 2.05) is 75.4 Å². The number of ether oxygens (including phenoxy) is 2. The van der Waals surface area contributed by atoms with Gasteiger partial charge in [-0.2, -0.15) is 4.98 Å². The SMILES string of the molecule is CCSc1nc2n(n1)C(c1ccc(OCc3ccccc3)cc1)C(C(=O)OC(C)C)=C(C)N2. The molecule has 1 aliphatic rings. The van der Waals surface area contributed by atoms with Crippen LogP contribution in [0.3, 0.4) is 0 Å². The summed E-state index contributed by atoms with van der Waals surface area (Å²) in [5.41, 5.74) is 3.23. The molecule has 172 valence electrons. The number of benzene rings is 2. The van der Waals surface area contributed by atoms with Crippen LogP contribution in [-0.2, 0) is 16.1 Å². The van der Waals surface area contributed by atoms with Gasteiger partial charge < -0.3 is 14.8 Å². The second-order valence-corrected chi connectivity index (χ2v) is 9.19. The van der Waals surface area contributed by atoms with E-state index in [-0.39, 0.29) is 12.1 Å². The Balaban J connectivity index is 1.65. The van der Waals surface area contributed by atoms with Crippen molar-refractivity contribution in [1.29, 1.82) is 0 Å². The number of hydrogen-bond donors (Lipinski definition) is 1. The van der Waals surface area contributed by atoms with Crippen LogP contribution in [0.4, 0.5) is 5.95 Å². The minimum Gasteiger partial charge on any atom is -0.489 e. The Hall–Kier alpha value is -3.26. The molecule has 0 spiro atoms. The van der Waals surface area contributed by atoms with Crippen LogP contribution in [0.2, 0.25) is 0 Å². The normalized spacial score (nSPS) is 15.2. The Bertz CT molecular complexity index is 1140. The number of thioether (sulfide) groups is 1. The second kappa shape index (κ2) is 10.1. The van der Waals surface area contributed by atoms with E-state index in [4.69, 9.17) is 9.47 Å². The molecule has 1 atom stereocenters. The van der Waals surface area contributed by atoms with Gasteiger partial charge in [0.2, 0.25) is 11.1 Å². The van der Waals surface area contributed by atoms with Gasteiger partial charge in [-0.1, -0.05) is 61.2 Å². The van der Waals surface area contributed by atoms with Crippen LogP contribution in [0, 0.1) is 0 Å². The highest BCUT2D eigenvalue weighted by Crippen LogP contribution is 2.37. The number of fused-ring (bicyclic) bond motifs is 1. The fraction of sp³-hybridized carbons (Fsp3) is 0.320. The summed E-state index contributed by atoms with van der Waals surface area (Å²) >= 11 is 1.56. The lowest BCUT2D eigenvalue weighted by Crippen LogP contribution is -2.30. The van der Waals surface area contributed by atoms with E-state index in [2.05, 4.69) is 22.3 Å². The summed E-state index contributed by atoms with van der Waals surface area (Å²) in [6.45, 7) is 8.09. The molecular formula is C25H28N4O3S. The summed E-state index contributed by atoms with van der Waals surface area (Å²) in [6.07, 6.45) is -0.226. The number of nitrogens with one attached hydrogen (secondary N) is 1. The van der Waals surface area contributed by atoms with Crippen molar-refractivity contribution in [2.45, 2.75) is 51.6 Å². The molecule has 7 nitrogen and oxygen atoms in total. The van der Waals surface area contributed by atoms with Gasteiger partial charge in [0.1, 0.15) is 18.4 Å². The molecule has 3 aromatic rings. The van der Waals surface area contributed by atoms with Crippen LogP contribution in [0.25, 0.3) is 0 Å². The van der Waals surface area contributed by atoms with Gasteiger partial charge >= 0.3 is 5.97 Å². The first-order valence-electron chi connectivity index (χ1n) is 11.0. The lowest BCUT2D eigenvalue weighted by Gasteiger charge is -2.28. The molecule has 33 heavy (non-hydrogen) atoms. The van der Waals surface area contributed by atoms with E-state index in [0.717, 1.165) is 22.6 Å².